The monoisotopic (exact) mass is 248 g/mol. The van der Waals surface area contributed by atoms with Gasteiger partial charge in [-0.25, -0.2) is 9.97 Å². The van der Waals surface area contributed by atoms with Gasteiger partial charge in [-0.2, -0.15) is 0 Å². The van der Waals surface area contributed by atoms with Crippen LogP contribution in [-0.4, -0.2) is 23.1 Å². The van der Waals surface area contributed by atoms with Gasteiger partial charge in [0.15, 0.2) is 0 Å². The van der Waals surface area contributed by atoms with Crippen molar-refractivity contribution in [2.24, 2.45) is 5.41 Å². The van der Waals surface area contributed by atoms with E-state index in [1.807, 2.05) is 0 Å². The molecule has 0 amide bonds. The fourth-order valence-corrected chi connectivity index (χ4v) is 2.50. The minimum absolute atomic E-state index is 0.458. The molecule has 18 heavy (non-hydrogen) atoms. The third-order valence-electron chi connectivity index (χ3n) is 3.87. The molecule has 0 aliphatic carbocycles. The first-order chi connectivity index (χ1) is 8.53. The number of nitrogens with zero attached hydrogens (tertiary/aromatic N) is 3. The first-order valence-electron chi connectivity index (χ1n) is 6.88. The van der Waals surface area contributed by atoms with Crippen LogP contribution in [0.1, 0.15) is 45.6 Å². The molecule has 0 aromatic carbocycles. The summed E-state index contributed by atoms with van der Waals surface area (Å²) in [6.07, 6.45) is 6.04. The Labute approximate surface area is 110 Å². The molecule has 100 valence electrons. The fraction of sp³-hybridized carbons (Fsp3) is 0.714. The summed E-state index contributed by atoms with van der Waals surface area (Å²) in [4.78, 5) is 11.0. The van der Waals surface area contributed by atoms with Gasteiger partial charge in [-0.1, -0.05) is 27.2 Å². The van der Waals surface area contributed by atoms with Gasteiger partial charge in [-0.05, 0) is 24.7 Å². The fourth-order valence-electron chi connectivity index (χ4n) is 2.50. The Morgan fingerprint density at radius 2 is 1.94 bits per heavy atom. The summed E-state index contributed by atoms with van der Waals surface area (Å²) in [7, 11) is 0. The quantitative estimate of drug-likeness (QED) is 0.893. The van der Waals surface area contributed by atoms with E-state index in [2.05, 4.69) is 35.6 Å². The number of hydrogen-bond acceptors (Lipinski definition) is 4. The third kappa shape index (κ3) is 2.74. The lowest BCUT2D eigenvalue weighted by atomic mass is 9.82. The van der Waals surface area contributed by atoms with Crippen LogP contribution < -0.4 is 10.6 Å². The Bertz CT molecular complexity index is 404. The maximum atomic E-state index is 5.99. The first-order valence-corrected chi connectivity index (χ1v) is 6.88. The molecule has 2 heterocycles. The van der Waals surface area contributed by atoms with Crippen molar-refractivity contribution in [2.75, 3.05) is 23.7 Å². The highest BCUT2D eigenvalue weighted by atomic mass is 15.2. The van der Waals surface area contributed by atoms with Crippen molar-refractivity contribution < 1.29 is 0 Å². The van der Waals surface area contributed by atoms with Crippen molar-refractivity contribution in [1.29, 1.82) is 0 Å². The van der Waals surface area contributed by atoms with Crippen molar-refractivity contribution in [1.82, 2.24) is 9.97 Å². The van der Waals surface area contributed by atoms with Crippen molar-refractivity contribution in [3.63, 3.8) is 0 Å². The van der Waals surface area contributed by atoms with Crippen LogP contribution in [-0.2, 0) is 6.42 Å². The van der Waals surface area contributed by atoms with E-state index in [0.717, 1.165) is 37.3 Å². The van der Waals surface area contributed by atoms with Gasteiger partial charge in [-0.15, -0.1) is 0 Å². The van der Waals surface area contributed by atoms with Crippen molar-refractivity contribution in [3.8, 4) is 0 Å². The van der Waals surface area contributed by atoms with Crippen LogP contribution in [0.2, 0.25) is 0 Å². The Balaban J connectivity index is 2.21. The summed E-state index contributed by atoms with van der Waals surface area (Å²) in [5, 5.41) is 0. The van der Waals surface area contributed by atoms with E-state index in [0.29, 0.717) is 11.2 Å². The van der Waals surface area contributed by atoms with E-state index < -0.39 is 0 Å². The van der Waals surface area contributed by atoms with Crippen LogP contribution in [0.5, 0.6) is 0 Å². The second kappa shape index (κ2) is 5.12. The van der Waals surface area contributed by atoms with Gasteiger partial charge in [-0.3, -0.25) is 0 Å². The molecular weight excluding hydrogens is 224 g/mol. The SMILES string of the molecule is CCCc1c(N)ncnc1N1CCC(C)(C)CC1. The van der Waals surface area contributed by atoms with Gasteiger partial charge >= 0.3 is 0 Å². The number of nitrogens with two attached hydrogens (primary N) is 1. The smallest absolute Gasteiger partial charge is 0.137 e. The highest BCUT2D eigenvalue weighted by Crippen LogP contribution is 2.33. The van der Waals surface area contributed by atoms with Gasteiger partial charge in [0.1, 0.15) is 18.0 Å². The average Bonchev–Trinajstić information content (AvgIpc) is 2.32. The lowest BCUT2D eigenvalue weighted by Crippen LogP contribution is -2.38. The summed E-state index contributed by atoms with van der Waals surface area (Å²) in [5.74, 6) is 1.70. The molecule has 1 aromatic heterocycles. The molecule has 1 fully saturated rings. The summed E-state index contributed by atoms with van der Waals surface area (Å²) in [5.41, 5.74) is 7.57. The number of anilines is 2. The standard InChI is InChI=1S/C14H24N4/c1-4-5-11-12(15)16-10-17-13(11)18-8-6-14(2,3)7-9-18/h10H,4-9H2,1-3H3,(H2,15,16,17). The minimum atomic E-state index is 0.458. The van der Waals surface area contributed by atoms with Crippen molar-refractivity contribution >= 4 is 11.6 Å². The maximum absolute atomic E-state index is 5.99. The largest absolute Gasteiger partial charge is 0.383 e. The van der Waals surface area contributed by atoms with Crippen LogP contribution in [0.25, 0.3) is 0 Å². The number of rotatable bonds is 3. The van der Waals surface area contributed by atoms with E-state index in [9.17, 15) is 0 Å². The van der Waals surface area contributed by atoms with E-state index in [4.69, 9.17) is 5.73 Å². The van der Waals surface area contributed by atoms with E-state index >= 15 is 0 Å². The van der Waals surface area contributed by atoms with Crippen LogP contribution in [0.3, 0.4) is 0 Å². The van der Waals surface area contributed by atoms with Crippen LogP contribution in [0, 0.1) is 5.41 Å². The molecule has 2 rings (SSSR count). The molecule has 1 aliphatic heterocycles. The van der Waals surface area contributed by atoms with Crippen LogP contribution >= 0.6 is 0 Å². The highest BCUT2D eigenvalue weighted by Gasteiger charge is 2.27. The molecule has 0 spiro atoms. The molecule has 0 atom stereocenters. The molecule has 2 N–H and O–H groups in total. The molecule has 0 unspecified atom stereocenters. The number of aromatic nitrogens is 2. The minimum Gasteiger partial charge on any atom is -0.383 e. The van der Waals surface area contributed by atoms with Gasteiger partial charge in [0.2, 0.25) is 0 Å². The maximum Gasteiger partial charge on any atom is 0.137 e. The van der Waals surface area contributed by atoms with Gasteiger partial charge in [0.25, 0.3) is 0 Å². The molecule has 0 saturated carbocycles. The summed E-state index contributed by atoms with van der Waals surface area (Å²) >= 11 is 0. The van der Waals surface area contributed by atoms with Crippen LogP contribution in [0.15, 0.2) is 6.33 Å². The molecule has 1 aromatic rings. The van der Waals surface area contributed by atoms with Gasteiger partial charge in [0, 0.05) is 18.7 Å². The lowest BCUT2D eigenvalue weighted by molar-refractivity contribution is 0.279. The first kappa shape index (κ1) is 13.1. The number of piperidine rings is 1. The number of hydrogen-bond donors (Lipinski definition) is 1. The lowest BCUT2D eigenvalue weighted by Gasteiger charge is -2.38. The normalized spacial score (nSPS) is 18.9. The topological polar surface area (TPSA) is 55.0 Å². The van der Waals surface area contributed by atoms with E-state index in [1.54, 1.807) is 6.33 Å². The zero-order valence-electron chi connectivity index (χ0n) is 11.7. The predicted molar refractivity (Wildman–Crippen MR) is 75.7 cm³/mol. The third-order valence-corrected chi connectivity index (χ3v) is 3.87. The second-order valence-electron chi connectivity index (χ2n) is 5.96. The average molecular weight is 248 g/mol. The van der Waals surface area contributed by atoms with Crippen molar-refractivity contribution in [3.05, 3.63) is 11.9 Å². The van der Waals surface area contributed by atoms with Gasteiger partial charge in [0.05, 0.1) is 0 Å². The molecule has 1 saturated heterocycles. The Morgan fingerprint density at radius 3 is 2.56 bits per heavy atom. The molecule has 1 aliphatic rings. The Hall–Kier alpha value is -1.32. The summed E-state index contributed by atoms with van der Waals surface area (Å²) < 4.78 is 0. The second-order valence-corrected chi connectivity index (χ2v) is 5.96. The van der Waals surface area contributed by atoms with Crippen molar-refractivity contribution in [2.45, 2.75) is 46.5 Å². The summed E-state index contributed by atoms with van der Waals surface area (Å²) in [6.45, 7) is 8.98. The number of nitrogen functional groups attached to an aromatic ring is 1. The molecule has 0 radical (unpaired) electrons. The molecule has 4 nitrogen and oxygen atoms in total. The highest BCUT2D eigenvalue weighted by molar-refractivity contribution is 5.56. The Kier molecular flexibility index (Phi) is 3.73. The Morgan fingerprint density at radius 1 is 1.28 bits per heavy atom. The molecule has 0 bridgehead atoms. The molecule has 4 heteroatoms. The van der Waals surface area contributed by atoms with E-state index in [-0.39, 0.29) is 0 Å². The van der Waals surface area contributed by atoms with E-state index in [1.165, 1.54) is 12.8 Å². The zero-order chi connectivity index (χ0) is 13.2. The predicted octanol–water partition coefficient (Wildman–Crippen LogP) is 2.64. The molecular formula is C14H24N4. The van der Waals surface area contributed by atoms with Crippen LogP contribution in [0.4, 0.5) is 11.6 Å². The summed E-state index contributed by atoms with van der Waals surface area (Å²) in [6, 6.07) is 0. The zero-order valence-corrected chi connectivity index (χ0v) is 11.7. The van der Waals surface area contributed by atoms with Gasteiger partial charge < -0.3 is 10.6 Å².